The van der Waals surface area contributed by atoms with E-state index >= 15 is 0 Å². The number of aryl methyl sites for hydroxylation is 1. The van der Waals surface area contributed by atoms with Crippen molar-refractivity contribution in [3.63, 3.8) is 0 Å². The smallest absolute Gasteiger partial charge is 0.242 e. The third-order valence-electron chi connectivity index (χ3n) is 5.04. The molecule has 2 aromatic rings. The lowest BCUT2D eigenvalue weighted by atomic mass is 10.2. The fourth-order valence-electron chi connectivity index (χ4n) is 3.20. The van der Waals surface area contributed by atoms with Crippen molar-refractivity contribution in [2.75, 3.05) is 6.54 Å². The molecule has 3 rings (SSSR count). The molecule has 2 aromatic heterocycles. The van der Waals surface area contributed by atoms with Gasteiger partial charge in [0, 0.05) is 31.4 Å². The van der Waals surface area contributed by atoms with E-state index < -0.39 is 0 Å². The SMILES string of the molecule is CCCCC(=O)N(CC(=O)N(Cc1ccco1)Cc1cccn1C)C1CC1. The van der Waals surface area contributed by atoms with Crippen LogP contribution in [0.2, 0.25) is 0 Å². The Balaban J connectivity index is 1.70. The van der Waals surface area contributed by atoms with Crippen molar-refractivity contribution in [1.82, 2.24) is 14.4 Å². The van der Waals surface area contributed by atoms with Crippen LogP contribution in [0, 0.1) is 0 Å². The van der Waals surface area contributed by atoms with Gasteiger partial charge in [-0.25, -0.2) is 0 Å². The zero-order chi connectivity index (χ0) is 19.2. The molecule has 0 spiro atoms. The second kappa shape index (κ2) is 8.93. The Hall–Kier alpha value is -2.50. The number of hydrogen-bond donors (Lipinski definition) is 0. The number of carbonyl (C=O) groups excluding carboxylic acids is 2. The molecule has 1 fully saturated rings. The van der Waals surface area contributed by atoms with Crippen LogP contribution in [0.15, 0.2) is 41.1 Å². The molecular weight excluding hydrogens is 342 g/mol. The van der Waals surface area contributed by atoms with E-state index in [-0.39, 0.29) is 24.4 Å². The Labute approximate surface area is 160 Å². The van der Waals surface area contributed by atoms with Gasteiger partial charge >= 0.3 is 0 Å². The molecule has 2 amide bonds. The normalized spacial score (nSPS) is 13.6. The van der Waals surface area contributed by atoms with Crippen LogP contribution in [0.1, 0.15) is 50.5 Å². The number of nitrogens with zero attached hydrogens (tertiary/aromatic N) is 3. The number of furan rings is 1. The maximum Gasteiger partial charge on any atom is 0.242 e. The van der Waals surface area contributed by atoms with Crippen molar-refractivity contribution in [2.24, 2.45) is 7.05 Å². The van der Waals surface area contributed by atoms with Gasteiger partial charge in [-0.05, 0) is 43.5 Å². The zero-order valence-corrected chi connectivity index (χ0v) is 16.3. The summed E-state index contributed by atoms with van der Waals surface area (Å²) in [4.78, 5) is 29.2. The third kappa shape index (κ3) is 5.25. The largest absolute Gasteiger partial charge is 0.467 e. The van der Waals surface area contributed by atoms with E-state index in [9.17, 15) is 9.59 Å². The summed E-state index contributed by atoms with van der Waals surface area (Å²) >= 11 is 0. The van der Waals surface area contributed by atoms with E-state index in [1.807, 2.05) is 42.1 Å². The summed E-state index contributed by atoms with van der Waals surface area (Å²) in [6, 6.07) is 7.91. The lowest BCUT2D eigenvalue weighted by molar-refractivity contribution is -0.142. The summed E-state index contributed by atoms with van der Waals surface area (Å²) in [6.07, 6.45) is 7.96. The highest BCUT2D eigenvalue weighted by molar-refractivity contribution is 5.85. The van der Waals surface area contributed by atoms with Gasteiger partial charge in [0.15, 0.2) is 0 Å². The van der Waals surface area contributed by atoms with Crippen molar-refractivity contribution in [1.29, 1.82) is 0 Å². The van der Waals surface area contributed by atoms with Gasteiger partial charge in [-0.15, -0.1) is 0 Å². The van der Waals surface area contributed by atoms with Gasteiger partial charge < -0.3 is 18.8 Å². The number of amides is 2. The van der Waals surface area contributed by atoms with Gasteiger partial charge in [0.2, 0.25) is 11.8 Å². The van der Waals surface area contributed by atoms with E-state index in [1.54, 1.807) is 16.1 Å². The third-order valence-corrected chi connectivity index (χ3v) is 5.04. The summed E-state index contributed by atoms with van der Waals surface area (Å²) in [5, 5.41) is 0. The molecule has 1 saturated carbocycles. The maximum absolute atomic E-state index is 13.1. The topological polar surface area (TPSA) is 58.7 Å². The van der Waals surface area contributed by atoms with Crippen LogP contribution >= 0.6 is 0 Å². The van der Waals surface area contributed by atoms with Crippen molar-refractivity contribution in [3.8, 4) is 0 Å². The minimum Gasteiger partial charge on any atom is -0.467 e. The number of unbranched alkanes of at least 4 members (excludes halogenated alkanes) is 1. The Morgan fingerprint density at radius 2 is 2.00 bits per heavy atom. The molecule has 0 radical (unpaired) electrons. The average molecular weight is 371 g/mol. The second-order valence-corrected chi connectivity index (χ2v) is 7.30. The number of carbonyl (C=O) groups is 2. The molecule has 0 aliphatic heterocycles. The Kier molecular flexibility index (Phi) is 6.37. The molecule has 1 aliphatic rings. The summed E-state index contributed by atoms with van der Waals surface area (Å²) < 4.78 is 7.46. The highest BCUT2D eigenvalue weighted by Gasteiger charge is 2.34. The first-order chi connectivity index (χ1) is 13.1. The Bertz CT molecular complexity index is 747. The standard InChI is InChI=1S/C21H29N3O3/c1-3-4-9-20(25)24(17-10-11-17)16-21(26)23(15-19-8-6-13-27-19)14-18-7-5-12-22(18)2/h5-8,12-13,17H,3-4,9-11,14-16H2,1-2H3. The number of rotatable bonds is 10. The maximum atomic E-state index is 13.1. The van der Waals surface area contributed by atoms with Crippen molar-refractivity contribution < 1.29 is 14.0 Å². The highest BCUT2D eigenvalue weighted by Crippen LogP contribution is 2.28. The molecule has 0 unspecified atom stereocenters. The second-order valence-electron chi connectivity index (χ2n) is 7.30. The minimum atomic E-state index is -0.0376. The molecule has 146 valence electrons. The Morgan fingerprint density at radius 3 is 2.59 bits per heavy atom. The average Bonchev–Trinajstić information content (AvgIpc) is 3.22. The molecule has 2 heterocycles. The predicted molar refractivity (Wildman–Crippen MR) is 103 cm³/mol. The molecule has 0 atom stereocenters. The van der Waals surface area contributed by atoms with Crippen molar-refractivity contribution in [3.05, 3.63) is 48.2 Å². The van der Waals surface area contributed by atoms with Gasteiger partial charge in [-0.3, -0.25) is 9.59 Å². The van der Waals surface area contributed by atoms with Crippen LogP contribution in [0.3, 0.4) is 0 Å². The van der Waals surface area contributed by atoms with E-state index in [4.69, 9.17) is 4.42 Å². The predicted octanol–water partition coefficient (Wildman–Crippen LogP) is 3.33. The zero-order valence-electron chi connectivity index (χ0n) is 16.3. The van der Waals surface area contributed by atoms with Crippen molar-refractivity contribution in [2.45, 2.75) is 58.2 Å². The summed E-state index contributed by atoms with van der Waals surface area (Å²) in [7, 11) is 1.97. The molecule has 6 nitrogen and oxygen atoms in total. The molecular formula is C21H29N3O3. The quantitative estimate of drug-likeness (QED) is 0.644. The molecule has 0 N–H and O–H groups in total. The van der Waals surface area contributed by atoms with Crippen LogP contribution in [0.4, 0.5) is 0 Å². The van der Waals surface area contributed by atoms with Crippen LogP contribution in [-0.2, 0) is 29.7 Å². The summed E-state index contributed by atoms with van der Waals surface area (Å²) in [6.45, 7) is 3.12. The number of aromatic nitrogens is 1. The lowest BCUT2D eigenvalue weighted by Crippen LogP contribution is -2.43. The summed E-state index contributed by atoms with van der Waals surface area (Å²) in [5.74, 6) is 0.807. The van der Waals surface area contributed by atoms with Crippen LogP contribution in [-0.4, -0.2) is 38.8 Å². The number of hydrogen-bond acceptors (Lipinski definition) is 3. The molecule has 0 bridgehead atoms. The molecule has 0 saturated heterocycles. The van der Waals surface area contributed by atoms with Crippen LogP contribution < -0.4 is 0 Å². The van der Waals surface area contributed by atoms with Gasteiger partial charge in [-0.1, -0.05) is 13.3 Å². The van der Waals surface area contributed by atoms with E-state index in [2.05, 4.69) is 6.92 Å². The van der Waals surface area contributed by atoms with Gasteiger partial charge in [-0.2, -0.15) is 0 Å². The highest BCUT2D eigenvalue weighted by atomic mass is 16.3. The first-order valence-electron chi connectivity index (χ1n) is 9.78. The fourth-order valence-corrected chi connectivity index (χ4v) is 3.20. The molecule has 1 aliphatic carbocycles. The molecule has 27 heavy (non-hydrogen) atoms. The molecule has 0 aromatic carbocycles. The molecule has 6 heteroatoms. The van der Waals surface area contributed by atoms with Crippen LogP contribution in [0.25, 0.3) is 0 Å². The monoisotopic (exact) mass is 371 g/mol. The Morgan fingerprint density at radius 1 is 1.19 bits per heavy atom. The van der Waals surface area contributed by atoms with E-state index in [1.165, 1.54) is 0 Å². The van der Waals surface area contributed by atoms with Crippen molar-refractivity contribution >= 4 is 11.8 Å². The first kappa shape index (κ1) is 19.3. The van der Waals surface area contributed by atoms with Crippen LogP contribution in [0.5, 0.6) is 0 Å². The lowest BCUT2D eigenvalue weighted by Gasteiger charge is -2.27. The minimum absolute atomic E-state index is 0.0376. The van der Waals surface area contributed by atoms with E-state index in [0.717, 1.165) is 37.1 Å². The van der Waals surface area contributed by atoms with Gasteiger partial charge in [0.1, 0.15) is 12.3 Å². The van der Waals surface area contributed by atoms with E-state index in [0.29, 0.717) is 19.5 Å². The first-order valence-corrected chi connectivity index (χ1v) is 9.78. The van der Waals surface area contributed by atoms with Gasteiger partial charge in [0.25, 0.3) is 0 Å². The fraction of sp³-hybridized carbons (Fsp3) is 0.524. The summed E-state index contributed by atoms with van der Waals surface area (Å²) in [5.41, 5.74) is 1.05. The van der Waals surface area contributed by atoms with Gasteiger partial charge in [0.05, 0.1) is 19.4 Å².